The Morgan fingerprint density at radius 1 is 0.397 bits per heavy atom. The maximum Gasteiger partial charge on any atom is 0.0867 e. The fourth-order valence-corrected chi connectivity index (χ4v) is 20.7. The first-order valence-corrected chi connectivity index (χ1v) is 29.7. The fourth-order valence-electron chi connectivity index (χ4n) is 9.01. The molecule has 1 nitrogen and oxygen atoms in total. The van der Waals surface area contributed by atoms with E-state index >= 15 is 0 Å². The van der Waals surface area contributed by atoms with Crippen molar-refractivity contribution in [2.24, 2.45) is 0 Å². The van der Waals surface area contributed by atoms with Gasteiger partial charge in [0.15, 0.2) is 0 Å². The van der Waals surface area contributed by atoms with E-state index in [-0.39, 0.29) is 21.7 Å². The minimum absolute atomic E-state index is 0.0711. The number of benzene rings is 5. The molecule has 5 aromatic carbocycles. The van der Waals surface area contributed by atoms with Crippen molar-refractivity contribution in [2.45, 2.75) is 189 Å². The van der Waals surface area contributed by atoms with E-state index in [4.69, 9.17) is 0 Å². The first-order chi connectivity index (χ1) is 29.5. The van der Waals surface area contributed by atoms with Crippen LogP contribution in [0.4, 0.5) is 5.69 Å². The molecule has 340 valence electrons. The third kappa shape index (κ3) is 12.7. The second kappa shape index (κ2) is 21.1. The highest BCUT2D eigenvalue weighted by Gasteiger charge is 2.37. The molecule has 0 atom stereocenters. The quantitative estimate of drug-likeness (QED) is 0.0664. The van der Waals surface area contributed by atoms with Crippen molar-refractivity contribution < 1.29 is 0 Å². The molecule has 0 aliphatic carbocycles. The van der Waals surface area contributed by atoms with Gasteiger partial charge >= 0.3 is 0 Å². The Hall–Kier alpha value is -3.02. The van der Waals surface area contributed by atoms with Gasteiger partial charge in [-0.3, -0.25) is 0 Å². The molecule has 5 rings (SSSR count). The fraction of sp³-hybridized carbons (Fsp3) is 0.492. The number of aryl methyl sites for hydroxylation is 1. The minimum Gasteiger partial charge on any atom is -0.313 e. The third-order valence-electron chi connectivity index (χ3n) is 13.3. The van der Waals surface area contributed by atoms with Gasteiger partial charge < -0.3 is 4.44 Å². The lowest BCUT2D eigenvalue weighted by atomic mass is 9.87. The van der Waals surface area contributed by atoms with Crippen LogP contribution in [-0.2, 0) is 21.7 Å². The number of hydrogen-bond acceptors (Lipinski definition) is 1. The molecule has 0 aliphatic rings. The van der Waals surface area contributed by atoms with E-state index in [0.717, 1.165) is 0 Å². The summed E-state index contributed by atoms with van der Waals surface area (Å²) in [6.07, 6.45) is 7.84. The first kappa shape index (κ1) is 51.0. The Labute approximate surface area is 390 Å². The van der Waals surface area contributed by atoms with E-state index in [1.165, 1.54) is 111 Å². The zero-order valence-corrected chi connectivity index (χ0v) is 45.5. The summed E-state index contributed by atoms with van der Waals surface area (Å²) in [6, 6.07) is 51.2. The normalized spacial score (nSPS) is 13.0. The lowest BCUT2D eigenvalue weighted by Crippen LogP contribution is -2.47. The monoisotopic (exact) mass is 898 g/mol. The smallest absolute Gasteiger partial charge is 0.0867 e. The van der Waals surface area contributed by atoms with Crippen LogP contribution in [0.1, 0.15) is 170 Å². The van der Waals surface area contributed by atoms with E-state index in [1.54, 1.807) is 5.19 Å². The number of anilines is 1. The molecule has 0 N–H and O–H groups in total. The van der Waals surface area contributed by atoms with Gasteiger partial charge in [-0.2, -0.15) is 0 Å². The Morgan fingerprint density at radius 3 is 0.889 bits per heavy atom. The van der Waals surface area contributed by atoms with E-state index in [9.17, 15) is 0 Å². The summed E-state index contributed by atoms with van der Waals surface area (Å²) in [7, 11) is -3.82. The van der Waals surface area contributed by atoms with E-state index < -0.39 is 24.2 Å². The van der Waals surface area contributed by atoms with E-state index in [0.29, 0.717) is 0 Å². The number of rotatable bonds is 17. The molecule has 0 aliphatic heterocycles. The number of unbranched alkanes of at least 4 members (excludes halogenated alkanes) is 3. The van der Waals surface area contributed by atoms with Gasteiger partial charge in [0.25, 0.3) is 0 Å². The predicted molar refractivity (Wildman–Crippen MR) is 291 cm³/mol. The molecule has 0 fully saturated rings. The molecule has 0 radical (unpaired) electrons. The van der Waals surface area contributed by atoms with Crippen LogP contribution in [-0.4, -0.2) is 8.07 Å². The maximum atomic E-state index is 2.95. The average molecular weight is 898 g/mol. The summed E-state index contributed by atoms with van der Waals surface area (Å²) >= 11 is 0. The van der Waals surface area contributed by atoms with Crippen LogP contribution in [0.15, 0.2) is 115 Å². The van der Waals surface area contributed by atoms with Crippen LogP contribution in [0.5, 0.6) is 0 Å². The zero-order chi connectivity index (χ0) is 46.4. The Morgan fingerprint density at radius 2 is 0.667 bits per heavy atom. The summed E-state index contributed by atoms with van der Waals surface area (Å²) in [5.74, 6) is 0. The largest absolute Gasteiger partial charge is 0.313 e. The topological polar surface area (TPSA) is 3.24 Å². The maximum absolute atomic E-state index is 2.95. The molecule has 0 amide bonds. The molecule has 0 saturated heterocycles. The Kier molecular flexibility index (Phi) is 17.1. The van der Waals surface area contributed by atoms with Crippen molar-refractivity contribution in [3.63, 3.8) is 0 Å². The summed E-state index contributed by atoms with van der Waals surface area (Å²) < 4.78 is 2.95. The zero-order valence-electron chi connectivity index (χ0n) is 42.7. The van der Waals surface area contributed by atoms with Gasteiger partial charge in [-0.1, -0.05) is 275 Å². The van der Waals surface area contributed by atoms with Crippen LogP contribution in [0.25, 0.3) is 0 Å². The SMILES string of the molecule is CCCC[Si](CCCC)(CCCC)c1ccc(N(P(c2ccc(C(C)(C)C)cc2)c2ccc(C(C)(C)C)cc2)P(c2ccc(C(C)(C)C)cc2)c2ccc(C(C)(C)C)cc2)c(C)c1. The summed E-state index contributed by atoms with van der Waals surface area (Å²) in [5.41, 5.74) is 8.59. The summed E-state index contributed by atoms with van der Waals surface area (Å²) in [5, 5.41) is 7.28. The van der Waals surface area contributed by atoms with Crippen LogP contribution >= 0.6 is 16.1 Å². The van der Waals surface area contributed by atoms with E-state index in [1.807, 2.05) is 0 Å². The van der Waals surface area contributed by atoms with Gasteiger partial charge in [-0.25, -0.2) is 0 Å². The highest BCUT2D eigenvalue weighted by Crippen LogP contribution is 2.58. The van der Waals surface area contributed by atoms with Crippen LogP contribution in [0.3, 0.4) is 0 Å². The van der Waals surface area contributed by atoms with Gasteiger partial charge in [0.1, 0.15) is 0 Å². The minimum atomic E-state index is -1.74. The highest BCUT2D eigenvalue weighted by atomic mass is 31.2. The number of nitrogens with zero attached hydrogens (tertiary/aromatic N) is 1. The molecule has 0 aromatic heterocycles. The molecule has 5 aromatic rings. The molecule has 0 saturated carbocycles. The van der Waals surface area contributed by atoms with Gasteiger partial charge in [-0.05, 0) is 62.5 Å². The second-order valence-electron chi connectivity index (χ2n) is 22.7. The summed E-state index contributed by atoms with van der Waals surface area (Å²) in [6.45, 7) is 37.6. The van der Waals surface area contributed by atoms with Gasteiger partial charge in [-0.15, -0.1) is 0 Å². The van der Waals surface area contributed by atoms with Crippen molar-refractivity contribution >= 4 is 56.3 Å². The Bertz CT molecular complexity index is 1920. The molecule has 63 heavy (non-hydrogen) atoms. The molecule has 0 heterocycles. The van der Waals surface area contributed by atoms with Crippen molar-refractivity contribution in [3.05, 3.63) is 143 Å². The molecule has 0 spiro atoms. The van der Waals surface area contributed by atoms with Crippen LogP contribution in [0, 0.1) is 6.92 Å². The summed E-state index contributed by atoms with van der Waals surface area (Å²) in [4.78, 5) is 0. The lowest BCUT2D eigenvalue weighted by molar-refractivity contribution is 0.590. The number of hydrogen-bond donors (Lipinski definition) is 0. The first-order valence-electron chi connectivity index (χ1n) is 24.5. The van der Waals surface area contributed by atoms with E-state index in [2.05, 4.69) is 230 Å². The highest BCUT2D eigenvalue weighted by molar-refractivity contribution is 7.90. The van der Waals surface area contributed by atoms with Crippen molar-refractivity contribution in [2.75, 3.05) is 4.44 Å². The predicted octanol–water partition coefficient (Wildman–Crippen LogP) is 16.1. The van der Waals surface area contributed by atoms with Crippen LogP contribution < -0.4 is 30.8 Å². The molecular formula is C59H85NP2Si. The van der Waals surface area contributed by atoms with Gasteiger partial charge in [0.2, 0.25) is 0 Å². The van der Waals surface area contributed by atoms with Crippen molar-refractivity contribution in [1.82, 2.24) is 0 Å². The van der Waals surface area contributed by atoms with Crippen molar-refractivity contribution in [1.29, 1.82) is 0 Å². The third-order valence-corrected chi connectivity index (χ3v) is 24.2. The standard InChI is InChI=1S/C59H85NP2Si/c1-17-20-41-63(42-21-18-2,43-22-19-3)54-39-40-55(45(4)44-54)60(61(50-31-23-46(24-32-50)56(5,6)7)51-33-25-47(26-34-51)57(8,9)10)62(52-35-27-48(28-36-52)58(11,12)13)53-37-29-49(30-38-53)59(14,15)16/h23-40,44H,17-22,41-43H2,1-16H3. The average Bonchev–Trinajstić information content (AvgIpc) is 3.23. The molecule has 4 heteroatoms. The molecule has 0 unspecified atom stereocenters. The van der Waals surface area contributed by atoms with Gasteiger partial charge in [0, 0.05) is 26.9 Å². The van der Waals surface area contributed by atoms with Gasteiger partial charge in [0.05, 0.1) is 24.2 Å². The lowest BCUT2D eigenvalue weighted by Gasteiger charge is -2.42. The van der Waals surface area contributed by atoms with Crippen molar-refractivity contribution in [3.8, 4) is 0 Å². The Balaban J connectivity index is 1.90. The molecular weight excluding hydrogens is 813 g/mol. The van der Waals surface area contributed by atoms with Crippen LogP contribution in [0.2, 0.25) is 18.1 Å². The second-order valence-corrected chi connectivity index (χ2v) is 31.8. The molecule has 0 bridgehead atoms.